The highest BCUT2D eigenvalue weighted by molar-refractivity contribution is 9.10. The average molecular weight is 291 g/mol. The van der Waals surface area contributed by atoms with Gasteiger partial charge in [-0.2, -0.15) is 5.26 Å². The number of halogens is 1. The number of nitriles is 1. The molecule has 0 saturated carbocycles. The van der Waals surface area contributed by atoms with Gasteiger partial charge in [0.25, 0.3) is 0 Å². The first kappa shape index (κ1) is 11.2. The molecule has 0 saturated heterocycles. The second kappa shape index (κ2) is 5.15. The van der Waals surface area contributed by atoms with Crippen LogP contribution in [0.5, 0.6) is 0 Å². The predicted octanol–water partition coefficient (Wildman–Crippen LogP) is 3.87. The van der Waals surface area contributed by atoms with Crippen molar-refractivity contribution in [3.8, 4) is 6.07 Å². The van der Waals surface area contributed by atoms with Crippen LogP contribution in [-0.4, -0.2) is 4.98 Å². The Morgan fingerprint density at radius 2 is 2.12 bits per heavy atom. The van der Waals surface area contributed by atoms with Gasteiger partial charge in [-0.15, -0.1) is 0 Å². The number of nitrogens with zero attached hydrogens (tertiary/aromatic N) is 2. The van der Waals surface area contributed by atoms with Crippen LogP contribution in [-0.2, 0) is 0 Å². The van der Waals surface area contributed by atoms with Gasteiger partial charge in [0.05, 0.1) is 11.6 Å². The number of aromatic nitrogens is 1. The summed E-state index contributed by atoms with van der Waals surface area (Å²) >= 11 is 4.96. The van der Waals surface area contributed by atoms with E-state index in [9.17, 15) is 0 Å². The maximum atomic E-state index is 8.78. The SMILES string of the molecule is N#Cc1ccnc(Sc2cccc(Br)c2)c1. The van der Waals surface area contributed by atoms with Crippen molar-refractivity contribution in [2.75, 3.05) is 0 Å². The van der Waals surface area contributed by atoms with Crippen molar-refractivity contribution in [3.63, 3.8) is 0 Å². The number of pyridine rings is 1. The van der Waals surface area contributed by atoms with E-state index in [2.05, 4.69) is 27.0 Å². The van der Waals surface area contributed by atoms with Crippen molar-refractivity contribution >= 4 is 27.7 Å². The number of hydrogen-bond acceptors (Lipinski definition) is 3. The standard InChI is InChI=1S/C12H7BrN2S/c13-10-2-1-3-11(7-10)16-12-6-9(8-14)4-5-15-12/h1-7H. The molecule has 0 spiro atoms. The van der Waals surface area contributed by atoms with Gasteiger partial charge < -0.3 is 0 Å². The van der Waals surface area contributed by atoms with E-state index in [0.29, 0.717) is 5.56 Å². The summed E-state index contributed by atoms with van der Waals surface area (Å²) in [5.41, 5.74) is 0.632. The lowest BCUT2D eigenvalue weighted by molar-refractivity contribution is 1.12. The second-order valence-corrected chi connectivity index (χ2v) is 5.06. The van der Waals surface area contributed by atoms with Crippen LogP contribution in [0.3, 0.4) is 0 Å². The van der Waals surface area contributed by atoms with Crippen molar-refractivity contribution in [2.24, 2.45) is 0 Å². The highest BCUT2D eigenvalue weighted by atomic mass is 79.9. The molecule has 0 N–H and O–H groups in total. The minimum absolute atomic E-state index is 0.632. The fourth-order valence-corrected chi connectivity index (χ4v) is 2.61. The molecule has 0 bridgehead atoms. The molecule has 16 heavy (non-hydrogen) atoms. The molecule has 2 aromatic rings. The lowest BCUT2D eigenvalue weighted by Gasteiger charge is -2.01. The smallest absolute Gasteiger partial charge is 0.102 e. The maximum absolute atomic E-state index is 8.78. The van der Waals surface area contributed by atoms with E-state index < -0.39 is 0 Å². The Morgan fingerprint density at radius 1 is 1.25 bits per heavy atom. The zero-order valence-corrected chi connectivity index (χ0v) is 10.6. The Hall–Kier alpha value is -1.31. The first-order chi connectivity index (χ1) is 7.78. The molecule has 0 amide bonds. The molecule has 2 rings (SSSR count). The van der Waals surface area contributed by atoms with Gasteiger partial charge in [-0.25, -0.2) is 4.98 Å². The van der Waals surface area contributed by atoms with Crippen molar-refractivity contribution in [1.82, 2.24) is 4.98 Å². The van der Waals surface area contributed by atoms with Gasteiger partial charge in [-0.05, 0) is 30.3 Å². The fourth-order valence-electron chi connectivity index (χ4n) is 1.19. The molecule has 0 fully saturated rings. The van der Waals surface area contributed by atoms with Gasteiger partial charge in [0.15, 0.2) is 0 Å². The van der Waals surface area contributed by atoms with Crippen molar-refractivity contribution in [1.29, 1.82) is 5.26 Å². The van der Waals surface area contributed by atoms with E-state index in [1.165, 1.54) is 11.8 Å². The van der Waals surface area contributed by atoms with Crippen molar-refractivity contribution in [2.45, 2.75) is 9.92 Å². The molecule has 1 aromatic heterocycles. The summed E-state index contributed by atoms with van der Waals surface area (Å²) in [6, 6.07) is 13.6. The lowest BCUT2D eigenvalue weighted by Crippen LogP contribution is -1.81. The number of hydrogen-bond donors (Lipinski definition) is 0. The number of rotatable bonds is 2. The molecular formula is C12H7BrN2S. The molecule has 0 aliphatic heterocycles. The van der Waals surface area contributed by atoms with Crippen LogP contribution in [0.15, 0.2) is 57.0 Å². The van der Waals surface area contributed by atoms with E-state index in [1.807, 2.05) is 24.3 Å². The highest BCUT2D eigenvalue weighted by Crippen LogP contribution is 2.28. The van der Waals surface area contributed by atoms with Gasteiger partial charge >= 0.3 is 0 Å². The fraction of sp³-hybridized carbons (Fsp3) is 0. The molecular weight excluding hydrogens is 284 g/mol. The Bertz CT molecular complexity index is 549. The van der Waals surface area contributed by atoms with E-state index >= 15 is 0 Å². The van der Waals surface area contributed by atoms with Gasteiger partial charge in [-0.1, -0.05) is 33.8 Å². The molecule has 2 nitrogen and oxygen atoms in total. The third-order valence-corrected chi connectivity index (χ3v) is 3.30. The summed E-state index contributed by atoms with van der Waals surface area (Å²) < 4.78 is 1.04. The van der Waals surface area contributed by atoms with Gasteiger partial charge in [0.2, 0.25) is 0 Å². The van der Waals surface area contributed by atoms with E-state index in [0.717, 1.165) is 14.4 Å². The van der Waals surface area contributed by atoms with Crippen LogP contribution in [0.1, 0.15) is 5.56 Å². The van der Waals surface area contributed by atoms with Crippen molar-refractivity contribution < 1.29 is 0 Å². The Kier molecular flexibility index (Phi) is 3.60. The van der Waals surface area contributed by atoms with Gasteiger partial charge in [-0.3, -0.25) is 0 Å². The summed E-state index contributed by atoms with van der Waals surface area (Å²) in [5, 5.41) is 9.61. The van der Waals surface area contributed by atoms with E-state index in [-0.39, 0.29) is 0 Å². The third kappa shape index (κ3) is 2.84. The molecule has 0 aliphatic rings. The molecule has 0 atom stereocenters. The largest absolute Gasteiger partial charge is 0.250 e. The zero-order chi connectivity index (χ0) is 11.4. The third-order valence-electron chi connectivity index (χ3n) is 1.88. The summed E-state index contributed by atoms with van der Waals surface area (Å²) in [4.78, 5) is 5.30. The average Bonchev–Trinajstić information content (AvgIpc) is 2.29. The summed E-state index contributed by atoms with van der Waals surface area (Å²) in [5.74, 6) is 0. The highest BCUT2D eigenvalue weighted by Gasteiger charge is 2.00. The molecule has 78 valence electrons. The van der Waals surface area contributed by atoms with Gasteiger partial charge in [0.1, 0.15) is 5.03 Å². The van der Waals surface area contributed by atoms with Crippen LogP contribution in [0, 0.1) is 11.3 Å². The van der Waals surface area contributed by atoms with Gasteiger partial charge in [0, 0.05) is 15.6 Å². The maximum Gasteiger partial charge on any atom is 0.102 e. The summed E-state index contributed by atoms with van der Waals surface area (Å²) in [7, 11) is 0. The lowest BCUT2D eigenvalue weighted by atomic mass is 10.3. The number of benzene rings is 1. The predicted molar refractivity (Wildman–Crippen MR) is 67.2 cm³/mol. The van der Waals surface area contributed by atoms with Crippen molar-refractivity contribution in [3.05, 3.63) is 52.6 Å². The topological polar surface area (TPSA) is 36.7 Å². The van der Waals surface area contributed by atoms with Crippen LogP contribution in [0.2, 0.25) is 0 Å². The first-order valence-corrected chi connectivity index (χ1v) is 6.18. The molecule has 1 heterocycles. The minimum atomic E-state index is 0.632. The molecule has 0 radical (unpaired) electrons. The van der Waals surface area contributed by atoms with E-state index in [1.54, 1.807) is 18.3 Å². The first-order valence-electron chi connectivity index (χ1n) is 4.57. The Balaban J connectivity index is 2.24. The second-order valence-electron chi connectivity index (χ2n) is 3.05. The Labute approximate surface area is 106 Å². The van der Waals surface area contributed by atoms with Crippen LogP contribution in [0.25, 0.3) is 0 Å². The molecule has 0 aliphatic carbocycles. The molecule has 0 unspecified atom stereocenters. The van der Waals surface area contributed by atoms with E-state index in [4.69, 9.17) is 5.26 Å². The Morgan fingerprint density at radius 3 is 2.88 bits per heavy atom. The monoisotopic (exact) mass is 290 g/mol. The van der Waals surface area contributed by atoms with Crippen LogP contribution >= 0.6 is 27.7 Å². The molecule has 4 heteroatoms. The van der Waals surface area contributed by atoms with Crippen LogP contribution < -0.4 is 0 Å². The zero-order valence-electron chi connectivity index (χ0n) is 8.22. The summed E-state index contributed by atoms with van der Waals surface area (Å²) in [6.07, 6.45) is 1.65. The summed E-state index contributed by atoms with van der Waals surface area (Å²) in [6.45, 7) is 0. The normalized spacial score (nSPS) is 9.75. The molecule has 1 aromatic carbocycles. The van der Waals surface area contributed by atoms with Crippen LogP contribution in [0.4, 0.5) is 0 Å². The minimum Gasteiger partial charge on any atom is -0.250 e. The quantitative estimate of drug-likeness (QED) is 0.842.